The monoisotopic (exact) mass is 218 g/mol. The van der Waals surface area contributed by atoms with Crippen molar-refractivity contribution < 1.29 is 22.0 Å². The quantitative estimate of drug-likeness (QED) is 0.360. The molecule has 0 aliphatic heterocycles. The summed E-state index contributed by atoms with van der Waals surface area (Å²) in [5, 5.41) is -1.50. The van der Waals surface area contributed by atoms with E-state index in [1.807, 2.05) is 0 Å². The second-order valence-corrected chi connectivity index (χ2v) is 2.92. The topological polar surface area (TPSA) is 0 Å². The molecule has 0 radical (unpaired) electrons. The van der Waals surface area contributed by atoms with Crippen molar-refractivity contribution in [2.75, 3.05) is 0 Å². The molecule has 2 aromatic carbocycles. The van der Waals surface area contributed by atoms with Crippen molar-refractivity contribution in [2.45, 2.75) is 0 Å². The molecule has 0 saturated heterocycles. The van der Waals surface area contributed by atoms with E-state index in [0.29, 0.717) is 0 Å². The number of hydrogen-bond donors (Lipinski definition) is 0. The molecule has 0 aromatic heterocycles. The lowest BCUT2D eigenvalue weighted by molar-refractivity contribution is 0.416. The third kappa shape index (κ3) is 1.26. The molecule has 0 unspecified atom stereocenters. The van der Waals surface area contributed by atoms with Crippen molar-refractivity contribution >= 4 is 10.8 Å². The summed E-state index contributed by atoms with van der Waals surface area (Å²) >= 11 is 0. The first-order valence-corrected chi connectivity index (χ1v) is 3.94. The Bertz CT molecular complexity index is 547. The number of rotatable bonds is 0. The van der Waals surface area contributed by atoms with E-state index in [0.717, 1.165) is 18.2 Å². The van der Waals surface area contributed by atoms with Gasteiger partial charge in [-0.3, -0.25) is 0 Å². The fraction of sp³-hybridized carbons (Fsp3) is 0. The first kappa shape index (κ1) is 9.89. The van der Waals surface area contributed by atoms with Gasteiger partial charge in [0.15, 0.2) is 23.3 Å². The highest BCUT2D eigenvalue weighted by Gasteiger charge is 2.21. The minimum absolute atomic E-state index is 0.619. The SMILES string of the molecule is Fc1c(F)c(F)c2c(F)cccc2c1F. The van der Waals surface area contributed by atoms with Crippen molar-refractivity contribution in [2.24, 2.45) is 0 Å². The summed E-state index contributed by atoms with van der Waals surface area (Å²) in [6.07, 6.45) is 0. The molecule has 0 amide bonds. The van der Waals surface area contributed by atoms with Gasteiger partial charge in [0.25, 0.3) is 0 Å². The molecule has 2 aromatic rings. The predicted octanol–water partition coefficient (Wildman–Crippen LogP) is 3.54. The van der Waals surface area contributed by atoms with Gasteiger partial charge in [0.05, 0.1) is 5.39 Å². The summed E-state index contributed by atoms with van der Waals surface area (Å²) in [5.41, 5.74) is 0. The van der Waals surface area contributed by atoms with Crippen LogP contribution in [0.5, 0.6) is 0 Å². The molecule has 2 rings (SSSR count). The van der Waals surface area contributed by atoms with Crippen LogP contribution in [0.15, 0.2) is 18.2 Å². The Labute approximate surface area is 80.9 Å². The van der Waals surface area contributed by atoms with E-state index in [-0.39, 0.29) is 0 Å². The van der Waals surface area contributed by atoms with Gasteiger partial charge in [0.2, 0.25) is 0 Å². The summed E-state index contributed by atoms with van der Waals surface area (Å²) in [5.74, 6) is -8.40. The van der Waals surface area contributed by atoms with Crippen LogP contribution in [-0.2, 0) is 0 Å². The largest absolute Gasteiger partial charge is 0.206 e. The van der Waals surface area contributed by atoms with Crippen LogP contribution in [0.25, 0.3) is 10.8 Å². The van der Waals surface area contributed by atoms with Crippen molar-refractivity contribution in [1.29, 1.82) is 0 Å². The molecule has 0 N–H and O–H groups in total. The van der Waals surface area contributed by atoms with Crippen LogP contribution in [0.1, 0.15) is 0 Å². The highest BCUT2D eigenvalue weighted by Crippen LogP contribution is 2.28. The molecule has 0 heterocycles. The average Bonchev–Trinajstić information content (AvgIpc) is 2.23. The zero-order valence-corrected chi connectivity index (χ0v) is 7.12. The fourth-order valence-corrected chi connectivity index (χ4v) is 1.35. The lowest BCUT2D eigenvalue weighted by Gasteiger charge is -2.04. The number of fused-ring (bicyclic) bond motifs is 1. The zero-order valence-electron chi connectivity index (χ0n) is 7.12. The van der Waals surface area contributed by atoms with Gasteiger partial charge in [-0.05, 0) is 6.07 Å². The van der Waals surface area contributed by atoms with Crippen LogP contribution in [-0.4, -0.2) is 0 Å². The van der Waals surface area contributed by atoms with Crippen LogP contribution in [0, 0.1) is 29.1 Å². The Morgan fingerprint density at radius 1 is 0.667 bits per heavy atom. The van der Waals surface area contributed by atoms with Gasteiger partial charge in [-0.2, -0.15) is 0 Å². The molecule has 15 heavy (non-hydrogen) atoms. The maximum absolute atomic E-state index is 13.1. The van der Waals surface area contributed by atoms with Gasteiger partial charge in [-0.15, -0.1) is 0 Å². The summed E-state index contributed by atoms with van der Waals surface area (Å²) in [6.45, 7) is 0. The van der Waals surface area contributed by atoms with Crippen LogP contribution in [0.4, 0.5) is 22.0 Å². The predicted molar refractivity (Wildman–Crippen MR) is 43.7 cm³/mol. The van der Waals surface area contributed by atoms with Gasteiger partial charge in [0.1, 0.15) is 5.82 Å². The molecule has 0 saturated carbocycles. The van der Waals surface area contributed by atoms with Crippen molar-refractivity contribution in [1.82, 2.24) is 0 Å². The van der Waals surface area contributed by atoms with E-state index in [2.05, 4.69) is 0 Å². The molecular formula is C10H3F5. The van der Waals surface area contributed by atoms with E-state index >= 15 is 0 Å². The highest BCUT2D eigenvalue weighted by atomic mass is 19.2. The standard InChI is InChI=1S/C10H3F5/c11-5-3-1-2-4-6(5)8(13)10(15)9(14)7(4)12/h1-3H. The van der Waals surface area contributed by atoms with E-state index in [9.17, 15) is 22.0 Å². The Hall–Kier alpha value is -1.65. The summed E-state index contributed by atoms with van der Waals surface area (Å²) in [6, 6.07) is 2.89. The third-order valence-electron chi connectivity index (χ3n) is 2.05. The van der Waals surface area contributed by atoms with Gasteiger partial charge >= 0.3 is 0 Å². The minimum Gasteiger partial charge on any atom is -0.206 e. The summed E-state index contributed by atoms with van der Waals surface area (Å²) in [4.78, 5) is 0. The number of halogens is 5. The molecule has 0 aliphatic rings. The first-order chi connectivity index (χ1) is 7.04. The second-order valence-electron chi connectivity index (χ2n) is 2.92. The van der Waals surface area contributed by atoms with E-state index in [1.165, 1.54) is 0 Å². The van der Waals surface area contributed by atoms with Crippen LogP contribution in [0.3, 0.4) is 0 Å². The van der Waals surface area contributed by atoms with Crippen molar-refractivity contribution in [3.05, 3.63) is 47.3 Å². The lowest BCUT2D eigenvalue weighted by atomic mass is 10.1. The summed E-state index contributed by atoms with van der Waals surface area (Å²) in [7, 11) is 0. The molecule has 0 atom stereocenters. The highest BCUT2D eigenvalue weighted by molar-refractivity contribution is 5.84. The molecule has 0 fully saturated rings. The maximum Gasteiger partial charge on any atom is 0.198 e. The maximum atomic E-state index is 13.1. The lowest BCUT2D eigenvalue weighted by Crippen LogP contribution is -1.99. The Morgan fingerprint density at radius 2 is 1.27 bits per heavy atom. The molecule has 5 heteroatoms. The third-order valence-corrected chi connectivity index (χ3v) is 2.05. The number of hydrogen-bond acceptors (Lipinski definition) is 0. The van der Waals surface area contributed by atoms with Crippen LogP contribution < -0.4 is 0 Å². The zero-order chi connectivity index (χ0) is 11.2. The van der Waals surface area contributed by atoms with Crippen LogP contribution in [0.2, 0.25) is 0 Å². The molecule has 78 valence electrons. The first-order valence-electron chi connectivity index (χ1n) is 3.94. The average molecular weight is 218 g/mol. The Balaban J connectivity index is 3.08. The molecule has 0 aliphatic carbocycles. The van der Waals surface area contributed by atoms with Gasteiger partial charge in [0, 0.05) is 5.39 Å². The molecule has 0 spiro atoms. The van der Waals surface area contributed by atoms with Gasteiger partial charge < -0.3 is 0 Å². The van der Waals surface area contributed by atoms with Gasteiger partial charge in [-0.25, -0.2) is 22.0 Å². The van der Waals surface area contributed by atoms with E-state index < -0.39 is 39.9 Å². The van der Waals surface area contributed by atoms with Crippen molar-refractivity contribution in [3.63, 3.8) is 0 Å². The molecular weight excluding hydrogens is 215 g/mol. The Kier molecular flexibility index (Phi) is 2.10. The molecule has 0 nitrogen and oxygen atoms in total. The normalized spacial score (nSPS) is 11.0. The van der Waals surface area contributed by atoms with E-state index in [4.69, 9.17) is 0 Å². The van der Waals surface area contributed by atoms with Crippen molar-refractivity contribution in [3.8, 4) is 0 Å². The van der Waals surface area contributed by atoms with Crippen LogP contribution >= 0.6 is 0 Å². The smallest absolute Gasteiger partial charge is 0.198 e. The Morgan fingerprint density at radius 3 is 1.93 bits per heavy atom. The molecule has 0 bridgehead atoms. The van der Waals surface area contributed by atoms with Gasteiger partial charge in [-0.1, -0.05) is 12.1 Å². The number of benzene rings is 2. The minimum atomic E-state index is -2.01. The fourth-order valence-electron chi connectivity index (χ4n) is 1.35. The second kappa shape index (κ2) is 3.18. The summed E-state index contributed by atoms with van der Waals surface area (Å²) < 4.78 is 64.7. The van der Waals surface area contributed by atoms with E-state index in [1.54, 1.807) is 0 Å².